The van der Waals surface area contributed by atoms with Crippen LogP contribution in [-0.4, -0.2) is 58.5 Å². The largest absolute Gasteiger partial charge is 0.390 e. The molecule has 2 aromatic rings. The summed E-state index contributed by atoms with van der Waals surface area (Å²) in [5, 5.41) is 11.2. The van der Waals surface area contributed by atoms with Crippen LogP contribution in [0.3, 0.4) is 0 Å². The van der Waals surface area contributed by atoms with Crippen LogP contribution >= 0.6 is 11.6 Å². The Morgan fingerprint density at radius 2 is 2.09 bits per heavy atom. The Bertz CT molecular complexity index is 713. The van der Waals surface area contributed by atoms with Crippen LogP contribution < -0.4 is 5.56 Å². The average molecular weight is 324 g/mol. The number of ether oxygens (including phenoxy) is 1. The molecule has 1 aliphatic rings. The molecule has 0 spiro atoms. The lowest BCUT2D eigenvalue weighted by atomic mass is 10.2. The van der Waals surface area contributed by atoms with Crippen LogP contribution in [0.5, 0.6) is 0 Å². The summed E-state index contributed by atoms with van der Waals surface area (Å²) in [6.07, 6.45) is 0.843. The first-order valence-corrected chi connectivity index (χ1v) is 7.64. The topological polar surface area (TPSA) is 67.6 Å². The summed E-state index contributed by atoms with van der Waals surface area (Å²) in [6, 6.07) is 5.03. The first-order valence-electron chi connectivity index (χ1n) is 7.26. The van der Waals surface area contributed by atoms with Crippen molar-refractivity contribution in [2.24, 2.45) is 0 Å². The molecule has 1 atom stereocenters. The van der Waals surface area contributed by atoms with E-state index in [1.807, 2.05) is 0 Å². The smallest absolute Gasteiger partial charge is 0.261 e. The molecule has 0 saturated carbocycles. The van der Waals surface area contributed by atoms with Crippen LogP contribution in [0.1, 0.15) is 0 Å². The molecular weight excluding hydrogens is 306 g/mol. The molecule has 0 bridgehead atoms. The van der Waals surface area contributed by atoms with E-state index in [0.717, 1.165) is 13.1 Å². The van der Waals surface area contributed by atoms with Crippen molar-refractivity contribution in [1.82, 2.24) is 14.5 Å². The van der Waals surface area contributed by atoms with E-state index in [2.05, 4.69) is 9.88 Å². The first-order chi connectivity index (χ1) is 10.6. The maximum atomic E-state index is 12.4. The molecule has 1 aliphatic heterocycles. The quantitative estimate of drug-likeness (QED) is 0.899. The number of morpholine rings is 1. The molecule has 0 unspecified atom stereocenters. The molecule has 1 aromatic heterocycles. The number of aliphatic hydroxyl groups excluding tert-OH is 1. The van der Waals surface area contributed by atoms with Gasteiger partial charge in [-0.15, -0.1) is 0 Å². The number of rotatable bonds is 4. The molecule has 0 amide bonds. The lowest BCUT2D eigenvalue weighted by molar-refractivity contribution is 0.0113. The Labute approximate surface area is 132 Å². The zero-order valence-corrected chi connectivity index (χ0v) is 12.9. The Morgan fingerprint density at radius 3 is 2.86 bits per heavy atom. The van der Waals surface area contributed by atoms with Crippen LogP contribution in [0.4, 0.5) is 0 Å². The Kier molecular flexibility index (Phi) is 4.73. The van der Waals surface area contributed by atoms with Gasteiger partial charge in [0.2, 0.25) is 0 Å². The molecular formula is C15H18ClN3O3. The maximum absolute atomic E-state index is 12.4. The van der Waals surface area contributed by atoms with Gasteiger partial charge in [0.1, 0.15) is 0 Å². The van der Waals surface area contributed by atoms with Gasteiger partial charge < -0.3 is 9.84 Å². The number of fused-ring (bicyclic) bond motifs is 1. The van der Waals surface area contributed by atoms with Gasteiger partial charge in [0.15, 0.2) is 0 Å². The van der Waals surface area contributed by atoms with Crippen molar-refractivity contribution in [3.8, 4) is 0 Å². The van der Waals surface area contributed by atoms with Crippen LogP contribution in [-0.2, 0) is 11.3 Å². The van der Waals surface area contributed by atoms with Gasteiger partial charge >= 0.3 is 0 Å². The predicted molar refractivity (Wildman–Crippen MR) is 84.3 cm³/mol. The zero-order valence-electron chi connectivity index (χ0n) is 12.1. The fourth-order valence-corrected chi connectivity index (χ4v) is 2.80. The first kappa shape index (κ1) is 15.4. The maximum Gasteiger partial charge on any atom is 0.261 e. The monoisotopic (exact) mass is 323 g/mol. The Morgan fingerprint density at radius 1 is 1.32 bits per heavy atom. The summed E-state index contributed by atoms with van der Waals surface area (Å²) in [4.78, 5) is 18.8. The second kappa shape index (κ2) is 6.75. The van der Waals surface area contributed by atoms with E-state index in [0.29, 0.717) is 35.7 Å². The molecule has 1 N–H and O–H groups in total. The summed E-state index contributed by atoms with van der Waals surface area (Å²) < 4.78 is 6.71. The van der Waals surface area contributed by atoms with Crippen LogP contribution in [0.15, 0.2) is 29.3 Å². The molecule has 1 fully saturated rings. The van der Waals surface area contributed by atoms with Crippen LogP contribution in [0, 0.1) is 0 Å². The summed E-state index contributed by atoms with van der Waals surface area (Å²) >= 11 is 5.93. The molecule has 3 rings (SSSR count). The number of β-amino-alcohol motifs (C(OH)–C–C–N with tert-alkyl or cyclic N) is 1. The Hall–Kier alpha value is -1.47. The molecule has 0 radical (unpaired) electrons. The minimum Gasteiger partial charge on any atom is -0.390 e. The fourth-order valence-electron chi connectivity index (χ4n) is 2.63. The molecule has 118 valence electrons. The third-order valence-corrected chi connectivity index (χ3v) is 4.00. The van der Waals surface area contributed by atoms with Gasteiger partial charge in [0.05, 0.1) is 43.1 Å². The molecule has 7 heteroatoms. The molecule has 0 aliphatic carbocycles. The van der Waals surface area contributed by atoms with E-state index < -0.39 is 6.10 Å². The second-order valence-electron chi connectivity index (χ2n) is 5.43. The van der Waals surface area contributed by atoms with Crippen molar-refractivity contribution in [2.45, 2.75) is 12.6 Å². The van der Waals surface area contributed by atoms with Crippen molar-refractivity contribution in [2.75, 3.05) is 32.8 Å². The summed E-state index contributed by atoms with van der Waals surface area (Å²) in [5.74, 6) is 0. The zero-order chi connectivity index (χ0) is 15.5. The fraction of sp³-hybridized carbons (Fsp3) is 0.467. The lowest BCUT2D eigenvalue weighted by Gasteiger charge is -2.28. The van der Waals surface area contributed by atoms with Crippen molar-refractivity contribution >= 4 is 22.5 Å². The van der Waals surface area contributed by atoms with E-state index in [9.17, 15) is 9.90 Å². The predicted octanol–water partition coefficient (Wildman–Crippen LogP) is 0.743. The van der Waals surface area contributed by atoms with Crippen LogP contribution in [0.25, 0.3) is 10.9 Å². The van der Waals surface area contributed by atoms with Gasteiger partial charge in [-0.25, -0.2) is 4.98 Å². The third kappa shape index (κ3) is 3.47. The van der Waals surface area contributed by atoms with Crippen LogP contribution in [0.2, 0.25) is 5.02 Å². The summed E-state index contributed by atoms with van der Waals surface area (Å²) in [5.41, 5.74) is 0.418. The minimum atomic E-state index is -0.630. The van der Waals surface area contributed by atoms with E-state index in [1.54, 1.807) is 18.2 Å². The number of aromatic nitrogens is 2. The number of benzene rings is 1. The van der Waals surface area contributed by atoms with E-state index in [1.165, 1.54) is 10.9 Å². The lowest BCUT2D eigenvalue weighted by Crippen LogP contribution is -2.42. The third-order valence-electron chi connectivity index (χ3n) is 3.77. The second-order valence-corrected chi connectivity index (χ2v) is 5.87. The van der Waals surface area contributed by atoms with Crippen molar-refractivity contribution in [3.05, 3.63) is 39.9 Å². The highest BCUT2D eigenvalue weighted by Gasteiger charge is 2.16. The van der Waals surface area contributed by atoms with E-state index in [-0.39, 0.29) is 12.1 Å². The standard InChI is InChI=1S/C15H18ClN3O3/c16-11-1-2-14-13(7-11)15(21)19(10-17-14)9-12(20)8-18-3-5-22-6-4-18/h1-2,7,10,12,20H,3-6,8-9H2/t12-/m0/s1. The highest BCUT2D eigenvalue weighted by Crippen LogP contribution is 2.14. The minimum absolute atomic E-state index is 0.187. The molecule has 1 saturated heterocycles. The highest BCUT2D eigenvalue weighted by atomic mass is 35.5. The van der Waals surface area contributed by atoms with E-state index in [4.69, 9.17) is 16.3 Å². The van der Waals surface area contributed by atoms with Crippen molar-refractivity contribution in [3.63, 3.8) is 0 Å². The number of halogens is 1. The normalized spacial score (nSPS) is 17.7. The van der Waals surface area contributed by atoms with Gasteiger partial charge in [-0.3, -0.25) is 14.3 Å². The molecule has 2 heterocycles. The van der Waals surface area contributed by atoms with Crippen molar-refractivity contribution < 1.29 is 9.84 Å². The number of hydrogen-bond acceptors (Lipinski definition) is 5. The number of hydrogen-bond donors (Lipinski definition) is 1. The molecule has 1 aromatic carbocycles. The van der Waals surface area contributed by atoms with Gasteiger partial charge in [-0.05, 0) is 18.2 Å². The number of nitrogens with zero attached hydrogens (tertiary/aromatic N) is 3. The number of aliphatic hydroxyl groups is 1. The average Bonchev–Trinajstić information content (AvgIpc) is 2.51. The van der Waals surface area contributed by atoms with Gasteiger partial charge in [-0.1, -0.05) is 11.6 Å². The molecule has 6 nitrogen and oxygen atoms in total. The van der Waals surface area contributed by atoms with Gasteiger partial charge in [-0.2, -0.15) is 0 Å². The summed E-state index contributed by atoms with van der Waals surface area (Å²) in [7, 11) is 0. The van der Waals surface area contributed by atoms with E-state index >= 15 is 0 Å². The Balaban J connectivity index is 1.75. The highest BCUT2D eigenvalue weighted by molar-refractivity contribution is 6.31. The van der Waals surface area contributed by atoms with Crippen molar-refractivity contribution in [1.29, 1.82) is 0 Å². The van der Waals surface area contributed by atoms with Gasteiger partial charge in [0.25, 0.3) is 5.56 Å². The summed E-state index contributed by atoms with van der Waals surface area (Å²) in [6.45, 7) is 3.70. The van der Waals surface area contributed by atoms with Gasteiger partial charge in [0, 0.05) is 24.7 Å². The molecule has 22 heavy (non-hydrogen) atoms. The SMILES string of the molecule is O=c1c2cc(Cl)ccc2ncn1C[C@@H](O)CN1CCOCC1.